The van der Waals surface area contributed by atoms with Gasteiger partial charge in [0.2, 0.25) is 5.95 Å². The molecule has 0 radical (unpaired) electrons. The van der Waals surface area contributed by atoms with Crippen molar-refractivity contribution in [1.29, 1.82) is 0 Å². The molecule has 2 aromatic carbocycles. The summed E-state index contributed by atoms with van der Waals surface area (Å²) in [6, 6.07) is 17.5. The van der Waals surface area contributed by atoms with E-state index in [2.05, 4.69) is 26.7 Å². The van der Waals surface area contributed by atoms with Gasteiger partial charge in [0.1, 0.15) is 5.69 Å². The van der Waals surface area contributed by atoms with Crippen LogP contribution in [0.2, 0.25) is 0 Å². The van der Waals surface area contributed by atoms with Gasteiger partial charge >= 0.3 is 0 Å². The third kappa shape index (κ3) is 4.41. The predicted molar refractivity (Wildman–Crippen MR) is 98.8 cm³/mol. The molecule has 1 aromatic heterocycles. The van der Waals surface area contributed by atoms with Gasteiger partial charge in [-0.3, -0.25) is 4.79 Å². The van der Waals surface area contributed by atoms with Gasteiger partial charge in [0, 0.05) is 18.4 Å². The van der Waals surface area contributed by atoms with Gasteiger partial charge < -0.3 is 10.6 Å². The molecule has 1 heterocycles. The molecule has 3 rings (SSSR count). The summed E-state index contributed by atoms with van der Waals surface area (Å²) in [4.78, 5) is 20.8. The first-order valence-corrected chi connectivity index (χ1v) is 8.11. The Morgan fingerprint density at radius 2 is 1.84 bits per heavy atom. The molecular weight excluding hydrogens is 312 g/mol. The highest BCUT2D eigenvalue weighted by Crippen LogP contribution is 2.19. The van der Waals surface area contributed by atoms with Crippen LogP contribution in [0.25, 0.3) is 0 Å². The Morgan fingerprint density at radius 1 is 1.04 bits per heavy atom. The molecule has 5 heteroatoms. The maximum absolute atomic E-state index is 12.3. The molecule has 0 aliphatic rings. The number of amides is 1. The van der Waals surface area contributed by atoms with E-state index >= 15 is 0 Å². The highest BCUT2D eigenvalue weighted by molar-refractivity contribution is 5.92. The van der Waals surface area contributed by atoms with Crippen LogP contribution in [0.5, 0.6) is 0 Å². The van der Waals surface area contributed by atoms with Gasteiger partial charge in [-0.2, -0.15) is 0 Å². The van der Waals surface area contributed by atoms with E-state index in [1.165, 1.54) is 5.56 Å². The molecule has 0 bridgehead atoms. The van der Waals surface area contributed by atoms with E-state index in [1.54, 1.807) is 12.3 Å². The molecule has 0 aliphatic heterocycles. The quantitative estimate of drug-likeness (QED) is 0.746. The van der Waals surface area contributed by atoms with Crippen molar-refractivity contribution >= 4 is 17.5 Å². The van der Waals surface area contributed by atoms with Crippen molar-refractivity contribution in [2.24, 2.45) is 0 Å². The largest absolute Gasteiger partial charge is 0.347 e. The summed E-state index contributed by atoms with van der Waals surface area (Å²) in [5.74, 6) is 0.175. The van der Waals surface area contributed by atoms with E-state index in [1.807, 2.05) is 56.3 Å². The van der Waals surface area contributed by atoms with Crippen LogP contribution >= 0.6 is 0 Å². The fourth-order valence-corrected chi connectivity index (χ4v) is 2.49. The normalized spacial score (nSPS) is 10.3. The van der Waals surface area contributed by atoms with Crippen LogP contribution in [-0.4, -0.2) is 15.9 Å². The van der Waals surface area contributed by atoms with Crippen LogP contribution in [0.3, 0.4) is 0 Å². The fourth-order valence-electron chi connectivity index (χ4n) is 2.49. The molecular formula is C20H20N4O. The minimum absolute atomic E-state index is 0.227. The van der Waals surface area contributed by atoms with Crippen molar-refractivity contribution in [2.75, 3.05) is 5.32 Å². The SMILES string of the molecule is Cc1ccc(Nc2nccc(C(=O)NCc3ccccc3)n2)c(C)c1. The third-order valence-electron chi connectivity index (χ3n) is 3.81. The van der Waals surface area contributed by atoms with Crippen molar-refractivity contribution < 1.29 is 4.79 Å². The molecule has 0 saturated carbocycles. The van der Waals surface area contributed by atoms with E-state index in [4.69, 9.17) is 0 Å². The van der Waals surface area contributed by atoms with Crippen LogP contribution in [0.15, 0.2) is 60.8 Å². The Bertz CT molecular complexity index is 878. The smallest absolute Gasteiger partial charge is 0.270 e. The Hall–Kier alpha value is -3.21. The molecule has 5 nitrogen and oxygen atoms in total. The Balaban J connectivity index is 1.69. The average Bonchev–Trinajstić information content (AvgIpc) is 2.63. The number of aryl methyl sites for hydroxylation is 2. The molecule has 2 N–H and O–H groups in total. The number of benzene rings is 2. The van der Waals surface area contributed by atoms with Gasteiger partial charge in [-0.25, -0.2) is 9.97 Å². The van der Waals surface area contributed by atoms with Crippen molar-refractivity contribution in [2.45, 2.75) is 20.4 Å². The maximum Gasteiger partial charge on any atom is 0.270 e. The Kier molecular flexibility index (Phi) is 5.04. The Labute approximate surface area is 147 Å². The summed E-state index contributed by atoms with van der Waals surface area (Å²) in [7, 11) is 0. The number of nitrogens with zero attached hydrogens (tertiary/aromatic N) is 2. The summed E-state index contributed by atoms with van der Waals surface area (Å²) in [6.45, 7) is 4.53. The van der Waals surface area contributed by atoms with E-state index in [0.717, 1.165) is 16.8 Å². The van der Waals surface area contributed by atoms with Crippen molar-refractivity contribution in [1.82, 2.24) is 15.3 Å². The van der Waals surface area contributed by atoms with Crippen LogP contribution < -0.4 is 10.6 Å². The first-order chi connectivity index (χ1) is 12.1. The van der Waals surface area contributed by atoms with Gasteiger partial charge in [-0.15, -0.1) is 0 Å². The summed E-state index contributed by atoms with van der Waals surface area (Å²) >= 11 is 0. The molecule has 0 fully saturated rings. The minimum Gasteiger partial charge on any atom is -0.347 e. The topological polar surface area (TPSA) is 66.9 Å². The lowest BCUT2D eigenvalue weighted by Crippen LogP contribution is -2.24. The van der Waals surface area contributed by atoms with Gasteiger partial charge in [0.15, 0.2) is 0 Å². The summed E-state index contributed by atoms with van der Waals surface area (Å²) in [5.41, 5.74) is 4.59. The molecule has 25 heavy (non-hydrogen) atoms. The number of anilines is 2. The molecule has 1 amide bonds. The lowest BCUT2D eigenvalue weighted by molar-refractivity contribution is 0.0946. The second kappa shape index (κ2) is 7.57. The van der Waals surface area contributed by atoms with Crippen molar-refractivity contribution in [3.8, 4) is 0 Å². The number of carbonyl (C=O) groups excluding carboxylic acids is 1. The van der Waals surface area contributed by atoms with Gasteiger partial charge in [0.25, 0.3) is 5.91 Å². The van der Waals surface area contributed by atoms with Crippen molar-refractivity contribution in [3.63, 3.8) is 0 Å². The Morgan fingerprint density at radius 3 is 2.60 bits per heavy atom. The number of hydrogen-bond donors (Lipinski definition) is 2. The lowest BCUT2D eigenvalue weighted by atomic mass is 10.1. The van der Waals surface area contributed by atoms with E-state index < -0.39 is 0 Å². The van der Waals surface area contributed by atoms with E-state index in [-0.39, 0.29) is 5.91 Å². The second-order valence-electron chi connectivity index (χ2n) is 5.88. The number of aromatic nitrogens is 2. The lowest BCUT2D eigenvalue weighted by Gasteiger charge is -2.10. The average molecular weight is 332 g/mol. The number of carbonyl (C=O) groups is 1. The highest BCUT2D eigenvalue weighted by atomic mass is 16.1. The molecule has 0 atom stereocenters. The fraction of sp³-hybridized carbons (Fsp3) is 0.150. The predicted octanol–water partition coefficient (Wildman–Crippen LogP) is 3.77. The monoisotopic (exact) mass is 332 g/mol. The highest BCUT2D eigenvalue weighted by Gasteiger charge is 2.09. The zero-order chi connectivity index (χ0) is 17.6. The molecule has 0 aliphatic carbocycles. The summed E-state index contributed by atoms with van der Waals surface area (Å²) in [6.07, 6.45) is 1.58. The molecule has 0 saturated heterocycles. The zero-order valence-corrected chi connectivity index (χ0v) is 14.3. The minimum atomic E-state index is -0.227. The number of rotatable bonds is 5. The van der Waals surface area contributed by atoms with Crippen LogP contribution in [0.4, 0.5) is 11.6 Å². The van der Waals surface area contributed by atoms with Crippen LogP contribution in [-0.2, 0) is 6.54 Å². The molecule has 3 aromatic rings. The van der Waals surface area contributed by atoms with Gasteiger partial charge in [-0.1, -0.05) is 48.0 Å². The van der Waals surface area contributed by atoms with Gasteiger partial charge in [0.05, 0.1) is 0 Å². The standard InChI is InChI=1S/C20H20N4O/c1-14-8-9-17(15(2)12-14)23-20-21-11-10-18(24-20)19(25)22-13-16-6-4-3-5-7-16/h3-12H,13H2,1-2H3,(H,22,25)(H,21,23,24). The number of hydrogen-bond acceptors (Lipinski definition) is 4. The molecule has 0 unspecified atom stereocenters. The number of nitrogens with one attached hydrogen (secondary N) is 2. The third-order valence-corrected chi connectivity index (χ3v) is 3.81. The molecule has 0 spiro atoms. The van der Waals surface area contributed by atoms with Gasteiger partial charge in [-0.05, 0) is 37.1 Å². The maximum atomic E-state index is 12.3. The van der Waals surface area contributed by atoms with Crippen molar-refractivity contribution in [3.05, 3.63) is 83.2 Å². The van der Waals surface area contributed by atoms with E-state index in [0.29, 0.717) is 18.2 Å². The zero-order valence-electron chi connectivity index (χ0n) is 14.3. The summed E-state index contributed by atoms with van der Waals surface area (Å²) in [5, 5.41) is 6.03. The molecule has 126 valence electrons. The van der Waals surface area contributed by atoms with Crippen LogP contribution in [0, 0.1) is 13.8 Å². The second-order valence-corrected chi connectivity index (χ2v) is 5.88. The first kappa shape index (κ1) is 16.6. The van der Waals surface area contributed by atoms with E-state index in [9.17, 15) is 4.79 Å². The van der Waals surface area contributed by atoms with Crippen LogP contribution in [0.1, 0.15) is 27.2 Å². The first-order valence-electron chi connectivity index (χ1n) is 8.11. The summed E-state index contributed by atoms with van der Waals surface area (Å²) < 4.78 is 0.